The van der Waals surface area contributed by atoms with E-state index >= 15 is 0 Å². The molecule has 3 nitrogen and oxygen atoms in total. The van der Waals surface area contributed by atoms with E-state index in [-0.39, 0.29) is 11.3 Å². The SMILES string of the molecule is CC(=O)Oc1ccc(-c2ccc(C(F)(F)F)cc2)cc1C(=O)Cl. The summed E-state index contributed by atoms with van der Waals surface area (Å²) >= 11 is 5.46. The fourth-order valence-electron chi connectivity index (χ4n) is 1.96. The van der Waals surface area contributed by atoms with Crippen LogP contribution < -0.4 is 4.74 Å². The summed E-state index contributed by atoms with van der Waals surface area (Å²) in [7, 11) is 0. The van der Waals surface area contributed by atoms with E-state index in [9.17, 15) is 22.8 Å². The second-order valence-corrected chi connectivity index (χ2v) is 5.00. The van der Waals surface area contributed by atoms with Gasteiger partial charge in [-0.15, -0.1) is 0 Å². The number of esters is 1. The lowest BCUT2D eigenvalue weighted by molar-refractivity contribution is -0.137. The Kier molecular flexibility index (Phi) is 4.75. The third-order valence-electron chi connectivity index (χ3n) is 2.99. The van der Waals surface area contributed by atoms with Crippen LogP contribution in [0, 0.1) is 0 Å². The number of hydrogen-bond acceptors (Lipinski definition) is 3. The molecule has 120 valence electrons. The van der Waals surface area contributed by atoms with Gasteiger partial charge in [0.2, 0.25) is 0 Å². The first-order chi connectivity index (χ1) is 10.7. The highest BCUT2D eigenvalue weighted by Crippen LogP contribution is 2.32. The highest BCUT2D eigenvalue weighted by Gasteiger charge is 2.30. The number of carbonyl (C=O) groups excluding carboxylic acids is 2. The number of hydrogen-bond donors (Lipinski definition) is 0. The Morgan fingerprint density at radius 1 is 1.00 bits per heavy atom. The molecule has 0 bridgehead atoms. The molecule has 0 fully saturated rings. The molecular weight excluding hydrogens is 333 g/mol. The molecule has 7 heteroatoms. The minimum absolute atomic E-state index is 0.00633. The van der Waals surface area contributed by atoms with Gasteiger partial charge in [0.25, 0.3) is 5.24 Å². The van der Waals surface area contributed by atoms with Crippen molar-refractivity contribution in [1.82, 2.24) is 0 Å². The van der Waals surface area contributed by atoms with Gasteiger partial charge >= 0.3 is 12.1 Å². The molecule has 0 saturated carbocycles. The van der Waals surface area contributed by atoms with Crippen molar-refractivity contribution in [3.8, 4) is 16.9 Å². The molecule has 0 radical (unpaired) electrons. The Balaban J connectivity index is 2.42. The molecule has 0 aliphatic carbocycles. The van der Waals surface area contributed by atoms with Crippen LogP contribution in [0.15, 0.2) is 42.5 Å². The summed E-state index contributed by atoms with van der Waals surface area (Å²) in [6.07, 6.45) is -4.42. The zero-order chi connectivity index (χ0) is 17.2. The van der Waals surface area contributed by atoms with Gasteiger partial charge in [-0.05, 0) is 47.0 Å². The Hall–Kier alpha value is -2.34. The van der Waals surface area contributed by atoms with Gasteiger partial charge < -0.3 is 4.74 Å². The van der Waals surface area contributed by atoms with Crippen molar-refractivity contribution in [3.63, 3.8) is 0 Å². The number of carbonyl (C=O) groups is 2. The van der Waals surface area contributed by atoms with Crippen molar-refractivity contribution in [2.75, 3.05) is 0 Å². The first kappa shape index (κ1) is 17.0. The fraction of sp³-hybridized carbons (Fsp3) is 0.125. The normalized spacial score (nSPS) is 11.2. The minimum Gasteiger partial charge on any atom is -0.426 e. The molecule has 0 heterocycles. The van der Waals surface area contributed by atoms with Crippen molar-refractivity contribution in [2.24, 2.45) is 0 Å². The maximum atomic E-state index is 12.6. The number of rotatable bonds is 3. The van der Waals surface area contributed by atoms with Crippen molar-refractivity contribution < 1.29 is 27.5 Å². The van der Waals surface area contributed by atoms with Gasteiger partial charge in [0.1, 0.15) is 5.75 Å². The van der Waals surface area contributed by atoms with Gasteiger partial charge in [-0.2, -0.15) is 13.2 Å². The molecule has 0 spiro atoms. The van der Waals surface area contributed by atoms with Crippen molar-refractivity contribution >= 4 is 22.8 Å². The molecule has 0 amide bonds. The van der Waals surface area contributed by atoms with Crippen molar-refractivity contribution in [2.45, 2.75) is 13.1 Å². The van der Waals surface area contributed by atoms with Crippen LogP contribution in [-0.2, 0) is 11.0 Å². The Morgan fingerprint density at radius 2 is 1.57 bits per heavy atom. The summed E-state index contributed by atoms with van der Waals surface area (Å²) in [6.45, 7) is 1.17. The smallest absolute Gasteiger partial charge is 0.416 e. The lowest BCUT2D eigenvalue weighted by atomic mass is 10.0. The van der Waals surface area contributed by atoms with Crippen molar-refractivity contribution in [1.29, 1.82) is 0 Å². The number of alkyl halides is 3. The molecule has 0 N–H and O–H groups in total. The molecule has 2 aromatic rings. The van der Waals surface area contributed by atoms with E-state index in [4.69, 9.17) is 16.3 Å². The second-order valence-electron chi connectivity index (χ2n) is 4.65. The molecule has 0 unspecified atom stereocenters. The summed E-state index contributed by atoms with van der Waals surface area (Å²) in [4.78, 5) is 22.4. The maximum Gasteiger partial charge on any atom is 0.416 e. The zero-order valence-corrected chi connectivity index (χ0v) is 12.5. The van der Waals surface area contributed by atoms with Crippen molar-refractivity contribution in [3.05, 3.63) is 53.6 Å². The topological polar surface area (TPSA) is 43.4 Å². The largest absolute Gasteiger partial charge is 0.426 e. The quantitative estimate of drug-likeness (QED) is 0.462. The van der Waals surface area contributed by atoms with Gasteiger partial charge in [-0.3, -0.25) is 9.59 Å². The highest BCUT2D eigenvalue weighted by molar-refractivity contribution is 6.68. The maximum absolute atomic E-state index is 12.6. The van der Waals surface area contributed by atoms with Gasteiger partial charge in [-0.25, -0.2) is 0 Å². The number of benzene rings is 2. The molecular formula is C16H10ClF3O3. The Morgan fingerprint density at radius 3 is 2.04 bits per heavy atom. The summed E-state index contributed by atoms with van der Waals surface area (Å²) in [5, 5.41) is -0.838. The van der Waals surface area contributed by atoms with Crippen LogP contribution in [0.1, 0.15) is 22.8 Å². The molecule has 0 aromatic heterocycles. The lowest BCUT2D eigenvalue weighted by Crippen LogP contribution is -2.05. The molecule has 0 aliphatic rings. The van der Waals surface area contributed by atoms with E-state index in [1.165, 1.54) is 37.3 Å². The minimum atomic E-state index is -4.42. The average molecular weight is 343 g/mol. The van der Waals surface area contributed by atoms with E-state index in [1.54, 1.807) is 0 Å². The van der Waals surface area contributed by atoms with Crippen LogP contribution in [0.4, 0.5) is 13.2 Å². The molecule has 0 saturated heterocycles. The van der Waals surface area contributed by atoms with E-state index in [0.717, 1.165) is 12.1 Å². The Labute approximate surface area is 134 Å². The van der Waals surface area contributed by atoms with Gasteiger partial charge in [0.05, 0.1) is 11.1 Å². The molecule has 2 rings (SSSR count). The fourth-order valence-corrected chi connectivity index (χ4v) is 2.11. The number of ether oxygens (including phenoxy) is 1. The molecule has 0 atom stereocenters. The predicted molar refractivity (Wildman–Crippen MR) is 78.4 cm³/mol. The first-order valence-electron chi connectivity index (χ1n) is 6.38. The van der Waals surface area contributed by atoms with Crippen LogP contribution in [0.5, 0.6) is 5.75 Å². The molecule has 2 aromatic carbocycles. The van der Waals surface area contributed by atoms with Crippen LogP contribution in [-0.4, -0.2) is 11.2 Å². The Bertz CT molecular complexity index is 752. The van der Waals surface area contributed by atoms with Gasteiger partial charge in [0.15, 0.2) is 0 Å². The third kappa shape index (κ3) is 4.10. The summed E-state index contributed by atoms with van der Waals surface area (Å²) in [5.74, 6) is -0.625. The van der Waals surface area contributed by atoms with E-state index in [2.05, 4.69) is 0 Å². The third-order valence-corrected chi connectivity index (χ3v) is 3.19. The summed E-state index contributed by atoms with van der Waals surface area (Å²) in [6, 6.07) is 8.69. The van der Waals surface area contributed by atoms with Crippen LogP contribution >= 0.6 is 11.6 Å². The van der Waals surface area contributed by atoms with Crippen LogP contribution in [0.2, 0.25) is 0 Å². The van der Waals surface area contributed by atoms with Crippen LogP contribution in [0.3, 0.4) is 0 Å². The standard InChI is InChI=1S/C16H10ClF3O3/c1-9(21)23-14-7-4-11(8-13(14)15(17)22)10-2-5-12(6-3-10)16(18,19)20/h2-8H,1H3. The summed E-state index contributed by atoms with van der Waals surface area (Å²) < 4.78 is 42.5. The molecule has 0 aliphatic heterocycles. The first-order valence-corrected chi connectivity index (χ1v) is 6.76. The summed E-state index contributed by atoms with van der Waals surface area (Å²) in [5.41, 5.74) is 0.121. The van der Waals surface area contributed by atoms with Gasteiger partial charge in [0, 0.05) is 6.92 Å². The van der Waals surface area contributed by atoms with Crippen LogP contribution in [0.25, 0.3) is 11.1 Å². The van der Waals surface area contributed by atoms with Gasteiger partial charge in [-0.1, -0.05) is 18.2 Å². The monoisotopic (exact) mass is 342 g/mol. The zero-order valence-electron chi connectivity index (χ0n) is 11.8. The molecule has 23 heavy (non-hydrogen) atoms. The van der Waals surface area contributed by atoms with E-state index in [1.807, 2.05) is 0 Å². The van der Waals surface area contributed by atoms with E-state index < -0.39 is 23.0 Å². The number of halogens is 4. The average Bonchev–Trinajstić information content (AvgIpc) is 2.46. The van der Waals surface area contributed by atoms with E-state index in [0.29, 0.717) is 11.1 Å². The second kappa shape index (κ2) is 6.42. The lowest BCUT2D eigenvalue weighted by Gasteiger charge is -2.10. The predicted octanol–water partition coefficient (Wildman–Crippen LogP) is 4.68. The highest BCUT2D eigenvalue weighted by atomic mass is 35.5.